The van der Waals surface area contributed by atoms with Gasteiger partial charge in [-0.3, -0.25) is 9.59 Å². The summed E-state index contributed by atoms with van der Waals surface area (Å²) in [4.78, 5) is 21.9. The van der Waals surface area contributed by atoms with Crippen LogP contribution in [0.15, 0.2) is 10.9 Å². The van der Waals surface area contributed by atoms with Gasteiger partial charge in [-0.15, -0.1) is 0 Å². The zero-order valence-electron chi connectivity index (χ0n) is 7.68. The molecule has 0 radical (unpaired) electrons. The van der Waals surface area contributed by atoms with Crippen LogP contribution in [0.2, 0.25) is 0 Å². The second kappa shape index (κ2) is 2.52. The molecule has 0 spiro atoms. The molecule has 2 rings (SSSR count). The molecule has 0 aliphatic heterocycles. The van der Waals surface area contributed by atoms with E-state index in [1.165, 1.54) is 0 Å². The average molecular weight is 174 g/mol. The van der Waals surface area contributed by atoms with Gasteiger partial charge in [-0.1, -0.05) is 6.92 Å². The minimum absolute atomic E-state index is 0.0621. The number of benzene rings is 1. The Bertz CT molecular complexity index is 499. The van der Waals surface area contributed by atoms with Gasteiger partial charge in [0.1, 0.15) is 0 Å². The Balaban J connectivity index is 2.82. The molecule has 0 fully saturated rings. The molecule has 0 aliphatic carbocycles. The van der Waals surface area contributed by atoms with E-state index >= 15 is 0 Å². The molecule has 2 aromatic rings. The number of rotatable bonds is 2. The maximum Gasteiger partial charge on any atom is 0.195 e. The van der Waals surface area contributed by atoms with Crippen molar-refractivity contribution in [3.8, 4) is 0 Å². The third-order valence-corrected chi connectivity index (χ3v) is 2.56. The van der Waals surface area contributed by atoms with E-state index in [4.69, 9.17) is 0 Å². The van der Waals surface area contributed by atoms with E-state index < -0.39 is 0 Å². The number of fused-ring (bicyclic) bond motifs is 1. The fourth-order valence-corrected chi connectivity index (χ4v) is 1.87. The Kier molecular flexibility index (Phi) is 1.59. The predicted molar refractivity (Wildman–Crippen MR) is 52.1 cm³/mol. The molecule has 2 aromatic carbocycles. The lowest BCUT2D eigenvalue weighted by Gasteiger charge is -1.99. The van der Waals surface area contributed by atoms with Gasteiger partial charge in [0.15, 0.2) is 11.7 Å². The molecule has 0 N–H and O–H groups in total. The molecule has 2 heteroatoms. The molecule has 0 atom stereocenters. The van der Waals surface area contributed by atoms with Crippen molar-refractivity contribution in [2.75, 3.05) is 0 Å². The van der Waals surface area contributed by atoms with Crippen LogP contribution in [-0.2, 0) is 6.42 Å². The Hall–Kier alpha value is -1.44. The van der Waals surface area contributed by atoms with Crippen LogP contribution in [0.5, 0.6) is 0 Å². The highest BCUT2D eigenvalue weighted by Gasteiger charge is 2.21. The van der Waals surface area contributed by atoms with Crippen molar-refractivity contribution >= 4 is 17.1 Å². The number of aryl methyl sites for hydroxylation is 2. The molecule has 0 saturated carbocycles. The maximum absolute atomic E-state index is 11.3. The molecule has 0 aromatic heterocycles. The molecule has 0 aliphatic rings. The van der Waals surface area contributed by atoms with Crippen molar-refractivity contribution in [3.63, 3.8) is 0 Å². The number of carbonyl (C=O) groups is 1. The predicted octanol–water partition coefficient (Wildman–Crippen LogP) is 1.76. The lowest BCUT2D eigenvalue weighted by Crippen LogP contribution is -1.86. The van der Waals surface area contributed by atoms with Gasteiger partial charge in [0.25, 0.3) is 0 Å². The van der Waals surface area contributed by atoms with E-state index in [0.717, 1.165) is 29.2 Å². The van der Waals surface area contributed by atoms with Crippen molar-refractivity contribution in [2.24, 2.45) is 0 Å². The van der Waals surface area contributed by atoms with Crippen LogP contribution in [0.3, 0.4) is 0 Å². The van der Waals surface area contributed by atoms with Crippen LogP contribution in [0.1, 0.15) is 28.4 Å². The Morgan fingerprint density at radius 1 is 1.38 bits per heavy atom. The third kappa shape index (κ3) is 0.949. The zero-order chi connectivity index (χ0) is 9.59. The Morgan fingerprint density at radius 3 is 2.62 bits per heavy atom. The standard InChI is InChI=1S/C11H10O2/c1-3-8-6(2)4-7(5-12)9-10(8)11(9)13/h4-5H,3H2,1-2H3. The lowest BCUT2D eigenvalue weighted by atomic mass is 10.0. The normalized spacial score (nSPS) is 11.2. The van der Waals surface area contributed by atoms with Gasteiger partial charge < -0.3 is 0 Å². The zero-order valence-corrected chi connectivity index (χ0v) is 7.68. The highest BCUT2D eigenvalue weighted by Crippen LogP contribution is 2.26. The first-order chi connectivity index (χ1) is 6.20. The summed E-state index contributed by atoms with van der Waals surface area (Å²) in [5, 5.41) is 1.45. The highest BCUT2D eigenvalue weighted by atomic mass is 16.1. The van der Waals surface area contributed by atoms with Gasteiger partial charge in [-0.25, -0.2) is 0 Å². The first-order valence-corrected chi connectivity index (χ1v) is 4.37. The first kappa shape index (κ1) is 8.17. The quantitative estimate of drug-likeness (QED) is 0.650. The van der Waals surface area contributed by atoms with Crippen LogP contribution in [0.25, 0.3) is 10.8 Å². The molecule has 0 saturated heterocycles. The lowest BCUT2D eigenvalue weighted by molar-refractivity contribution is 0.112. The van der Waals surface area contributed by atoms with Crippen molar-refractivity contribution in [1.82, 2.24) is 0 Å². The van der Waals surface area contributed by atoms with E-state index in [2.05, 4.69) is 0 Å². The summed E-state index contributed by atoms with van der Waals surface area (Å²) in [6.45, 7) is 3.96. The van der Waals surface area contributed by atoms with Gasteiger partial charge in [-0.2, -0.15) is 0 Å². The van der Waals surface area contributed by atoms with Gasteiger partial charge in [0.2, 0.25) is 0 Å². The molecular weight excluding hydrogens is 164 g/mol. The molecule has 0 heterocycles. The molecular formula is C11H10O2. The molecule has 0 amide bonds. The molecule has 0 unspecified atom stereocenters. The van der Waals surface area contributed by atoms with Gasteiger partial charge in [-0.05, 0) is 30.5 Å². The summed E-state index contributed by atoms with van der Waals surface area (Å²) in [6, 6.07) is 1.80. The number of hydrogen-bond donors (Lipinski definition) is 0. The van der Waals surface area contributed by atoms with E-state index in [9.17, 15) is 9.59 Å². The van der Waals surface area contributed by atoms with E-state index in [0.29, 0.717) is 10.9 Å². The smallest absolute Gasteiger partial charge is 0.195 e. The first-order valence-electron chi connectivity index (χ1n) is 4.37. The largest absolute Gasteiger partial charge is 0.298 e. The van der Waals surface area contributed by atoms with E-state index in [1.54, 1.807) is 6.07 Å². The minimum atomic E-state index is 0.0621. The topological polar surface area (TPSA) is 34.1 Å². The summed E-state index contributed by atoms with van der Waals surface area (Å²) in [5.74, 6) is 0. The fourth-order valence-electron chi connectivity index (χ4n) is 1.87. The van der Waals surface area contributed by atoms with Crippen molar-refractivity contribution in [1.29, 1.82) is 0 Å². The SMILES string of the molecule is CCc1c(C)cc(C=O)c2c(=O)c12. The van der Waals surface area contributed by atoms with Gasteiger partial charge >= 0.3 is 0 Å². The fraction of sp³-hybridized carbons (Fsp3) is 0.273. The summed E-state index contributed by atoms with van der Waals surface area (Å²) >= 11 is 0. The number of hydrogen-bond acceptors (Lipinski definition) is 2. The molecule has 0 bridgehead atoms. The van der Waals surface area contributed by atoms with Crippen LogP contribution in [-0.4, -0.2) is 6.29 Å². The second-order valence-electron chi connectivity index (χ2n) is 3.31. The molecule has 13 heavy (non-hydrogen) atoms. The summed E-state index contributed by atoms with van der Waals surface area (Å²) < 4.78 is 0. The van der Waals surface area contributed by atoms with Crippen molar-refractivity contribution < 1.29 is 4.79 Å². The maximum atomic E-state index is 11.3. The van der Waals surface area contributed by atoms with Crippen molar-refractivity contribution in [3.05, 3.63) is 33.0 Å². The second-order valence-corrected chi connectivity index (χ2v) is 3.31. The summed E-state index contributed by atoms with van der Waals surface area (Å²) in [7, 11) is 0. The van der Waals surface area contributed by atoms with Crippen LogP contribution in [0, 0.1) is 6.92 Å². The monoisotopic (exact) mass is 174 g/mol. The van der Waals surface area contributed by atoms with Crippen LogP contribution >= 0.6 is 0 Å². The average Bonchev–Trinajstić information content (AvgIpc) is 2.77. The van der Waals surface area contributed by atoms with E-state index in [-0.39, 0.29) is 5.43 Å². The van der Waals surface area contributed by atoms with Gasteiger partial charge in [0.05, 0.1) is 0 Å². The van der Waals surface area contributed by atoms with E-state index in [1.807, 2.05) is 13.8 Å². The number of carbonyl (C=O) groups excluding carboxylic acids is 1. The van der Waals surface area contributed by atoms with Crippen molar-refractivity contribution in [2.45, 2.75) is 20.3 Å². The third-order valence-electron chi connectivity index (χ3n) is 2.56. The Labute approximate surface area is 75.9 Å². The molecule has 2 nitrogen and oxygen atoms in total. The van der Waals surface area contributed by atoms with Gasteiger partial charge in [0, 0.05) is 16.3 Å². The van der Waals surface area contributed by atoms with Crippen LogP contribution in [0.4, 0.5) is 0 Å². The minimum Gasteiger partial charge on any atom is -0.298 e. The van der Waals surface area contributed by atoms with Crippen LogP contribution < -0.4 is 5.43 Å². The summed E-state index contributed by atoms with van der Waals surface area (Å²) in [5.41, 5.74) is 2.77. The highest BCUT2D eigenvalue weighted by molar-refractivity contribution is 6.10. The Morgan fingerprint density at radius 2 is 2.08 bits per heavy atom. The molecule has 66 valence electrons. The summed E-state index contributed by atoms with van der Waals surface area (Å²) in [6.07, 6.45) is 1.62. The number of aldehydes is 1.